The van der Waals surface area contributed by atoms with Gasteiger partial charge in [0, 0.05) is 23.7 Å². The smallest absolute Gasteiger partial charge is 0.416 e. The van der Waals surface area contributed by atoms with Crippen molar-refractivity contribution < 1.29 is 27.9 Å². The van der Waals surface area contributed by atoms with E-state index < -0.39 is 29.5 Å². The third-order valence-corrected chi connectivity index (χ3v) is 3.21. The topological polar surface area (TPSA) is 57.6 Å². The van der Waals surface area contributed by atoms with Gasteiger partial charge in [-0.15, -0.1) is 0 Å². The third kappa shape index (κ3) is 2.87. The summed E-state index contributed by atoms with van der Waals surface area (Å²) in [6.07, 6.45) is -4.82. The van der Waals surface area contributed by atoms with E-state index in [0.29, 0.717) is 0 Å². The van der Waals surface area contributed by atoms with Crippen molar-refractivity contribution in [3.05, 3.63) is 28.8 Å². The maximum atomic E-state index is 12.7. The Kier molecular flexibility index (Phi) is 3.64. The second kappa shape index (κ2) is 4.97. The highest BCUT2D eigenvalue weighted by Gasteiger charge is 2.37. The van der Waals surface area contributed by atoms with E-state index in [4.69, 9.17) is 16.7 Å². The summed E-state index contributed by atoms with van der Waals surface area (Å²) >= 11 is 5.63. The summed E-state index contributed by atoms with van der Waals surface area (Å²) in [7, 11) is 0. The molecule has 1 aliphatic rings. The molecule has 0 aliphatic carbocycles. The van der Waals surface area contributed by atoms with Crippen LogP contribution in [-0.2, 0) is 15.8 Å². The van der Waals surface area contributed by atoms with Crippen LogP contribution in [0, 0.1) is 5.92 Å². The van der Waals surface area contributed by atoms with Crippen molar-refractivity contribution in [2.24, 2.45) is 5.92 Å². The lowest BCUT2D eigenvalue weighted by atomic mass is 10.1. The summed E-state index contributed by atoms with van der Waals surface area (Å²) in [4.78, 5) is 23.5. The summed E-state index contributed by atoms with van der Waals surface area (Å²) in [6.45, 7) is -0.161. The number of hydrogen-bond donors (Lipinski definition) is 1. The van der Waals surface area contributed by atoms with Crippen molar-refractivity contribution in [2.45, 2.75) is 12.6 Å². The summed E-state index contributed by atoms with van der Waals surface area (Å²) in [5.41, 5.74) is -1.02. The van der Waals surface area contributed by atoms with E-state index >= 15 is 0 Å². The van der Waals surface area contributed by atoms with E-state index in [2.05, 4.69) is 0 Å². The SMILES string of the molecule is O=C(O)C1CC(=O)N(c2cc(Cl)cc(C(F)(F)F)c2)C1. The third-order valence-electron chi connectivity index (χ3n) is 3.00. The highest BCUT2D eigenvalue weighted by molar-refractivity contribution is 6.31. The molecule has 1 aromatic rings. The number of anilines is 1. The monoisotopic (exact) mass is 307 g/mol. The van der Waals surface area contributed by atoms with Gasteiger partial charge in [-0.25, -0.2) is 0 Å². The van der Waals surface area contributed by atoms with Gasteiger partial charge in [-0.1, -0.05) is 11.6 Å². The minimum Gasteiger partial charge on any atom is -0.481 e. The van der Waals surface area contributed by atoms with Crippen LogP contribution in [0.15, 0.2) is 18.2 Å². The number of aliphatic carboxylic acids is 1. The summed E-state index contributed by atoms with van der Waals surface area (Å²) in [6, 6.07) is 2.74. The zero-order valence-corrected chi connectivity index (χ0v) is 10.7. The lowest BCUT2D eigenvalue weighted by molar-refractivity contribution is -0.141. The predicted octanol–water partition coefficient (Wildman–Crippen LogP) is 2.80. The maximum absolute atomic E-state index is 12.7. The minimum absolute atomic E-state index is 0.0430. The second-order valence-corrected chi connectivity index (χ2v) is 4.88. The molecule has 1 heterocycles. The van der Waals surface area contributed by atoms with Gasteiger partial charge in [-0.05, 0) is 18.2 Å². The molecule has 8 heteroatoms. The van der Waals surface area contributed by atoms with Gasteiger partial charge in [0.05, 0.1) is 11.5 Å². The fraction of sp³-hybridized carbons (Fsp3) is 0.333. The van der Waals surface area contributed by atoms with Gasteiger partial charge in [0.2, 0.25) is 5.91 Å². The van der Waals surface area contributed by atoms with Crippen LogP contribution in [0.3, 0.4) is 0 Å². The number of carbonyl (C=O) groups is 2. The fourth-order valence-corrected chi connectivity index (χ4v) is 2.25. The lowest BCUT2D eigenvalue weighted by Gasteiger charge is -2.18. The number of alkyl halides is 3. The van der Waals surface area contributed by atoms with Crippen LogP contribution in [0.2, 0.25) is 5.02 Å². The van der Waals surface area contributed by atoms with Gasteiger partial charge in [0.25, 0.3) is 0 Å². The van der Waals surface area contributed by atoms with Crippen molar-refractivity contribution in [2.75, 3.05) is 11.4 Å². The molecular weight excluding hydrogens is 299 g/mol. The van der Waals surface area contributed by atoms with Crippen molar-refractivity contribution in [3.8, 4) is 0 Å². The van der Waals surface area contributed by atoms with Gasteiger partial charge in [-0.3, -0.25) is 9.59 Å². The molecule has 0 bridgehead atoms. The van der Waals surface area contributed by atoms with Crippen LogP contribution in [0.25, 0.3) is 0 Å². The Labute approximate surface area is 116 Å². The molecule has 108 valence electrons. The van der Waals surface area contributed by atoms with Crippen LogP contribution in [0.1, 0.15) is 12.0 Å². The Morgan fingerprint density at radius 1 is 1.35 bits per heavy atom. The number of carboxylic acids is 1. The molecule has 1 atom stereocenters. The lowest BCUT2D eigenvalue weighted by Crippen LogP contribution is -2.26. The van der Waals surface area contributed by atoms with Gasteiger partial charge in [-0.2, -0.15) is 13.2 Å². The van der Waals surface area contributed by atoms with E-state index in [1.807, 2.05) is 0 Å². The molecule has 1 unspecified atom stereocenters. The Hall–Kier alpha value is -1.76. The van der Waals surface area contributed by atoms with Crippen LogP contribution in [0.4, 0.5) is 18.9 Å². The fourth-order valence-electron chi connectivity index (χ4n) is 2.02. The first kappa shape index (κ1) is 14.6. The molecule has 0 aromatic heterocycles. The Morgan fingerprint density at radius 2 is 2.00 bits per heavy atom. The standard InChI is InChI=1S/C12H9ClF3NO3/c13-8-2-7(12(14,15)16)3-9(4-8)17-5-6(11(19)20)1-10(17)18/h2-4,6H,1,5H2,(H,19,20). The number of hydrogen-bond acceptors (Lipinski definition) is 2. The van der Waals surface area contributed by atoms with E-state index in [1.165, 1.54) is 6.07 Å². The van der Waals surface area contributed by atoms with E-state index in [9.17, 15) is 22.8 Å². The Morgan fingerprint density at radius 3 is 2.50 bits per heavy atom. The molecular formula is C12H9ClF3NO3. The predicted molar refractivity (Wildman–Crippen MR) is 64.5 cm³/mol. The average Bonchev–Trinajstić information content (AvgIpc) is 2.69. The molecule has 0 radical (unpaired) electrons. The van der Waals surface area contributed by atoms with Crippen LogP contribution in [0.5, 0.6) is 0 Å². The minimum atomic E-state index is -4.59. The van der Waals surface area contributed by atoms with E-state index in [-0.39, 0.29) is 23.7 Å². The van der Waals surface area contributed by atoms with Gasteiger partial charge >= 0.3 is 12.1 Å². The zero-order chi connectivity index (χ0) is 15.1. The number of carboxylic acid groups (broad SMARTS) is 1. The zero-order valence-electron chi connectivity index (χ0n) is 9.95. The first-order valence-corrected chi connectivity index (χ1v) is 5.97. The summed E-state index contributed by atoms with van der Waals surface area (Å²) in [5.74, 6) is -2.61. The summed E-state index contributed by atoms with van der Waals surface area (Å²) < 4.78 is 38.0. The number of benzene rings is 1. The first-order valence-electron chi connectivity index (χ1n) is 5.59. The van der Waals surface area contributed by atoms with Gasteiger partial charge < -0.3 is 10.0 Å². The van der Waals surface area contributed by atoms with E-state index in [0.717, 1.165) is 17.0 Å². The molecule has 4 nitrogen and oxygen atoms in total. The number of amides is 1. The second-order valence-electron chi connectivity index (χ2n) is 4.44. The largest absolute Gasteiger partial charge is 0.481 e. The number of carbonyl (C=O) groups excluding carboxylic acids is 1. The molecule has 1 saturated heterocycles. The van der Waals surface area contributed by atoms with Gasteiger partial charge in [0.1, 0.15) is 0 Å². The molecule has 2 rings (SSSR count). The Balaban J connectivity index is 2.36. The quantitative estimate of drug-likeness (QED) is 0.914. The molecule has 0 spiro atoms. The Bertz CT molecular complexity index is 574. The van der Waals surface area contributed by atoms with E-state index in [1.54, 1.807) is 0 Å². The highest BCUT2D eigenvalue weighted by Crippen LogP contribution is 2.35. The van der Waals surface area contributed by atoms with Crippen LogP contribution >= 0.6 is 11.6 Å². The van der Waals surface area contributed by atoms with Crippen molar-refractivity contribution >= 4 is 29.2 Å². The average molecular weight is 308 g/mol. The number of nitrogens with zero attached hydrogens (tertiary/aromatic N) is 1. The molecule has 20 heavy (non-hydrogen) atoms. The first-order chi connectivity index (χ1) is 9.18. The normalized spacial score (nSPS) is 19.5. The van der Waals surface area contributed by atoms with Crippen molar-refractivity contribution in [1.29, 1.82) is 0 Å². The van der Waals surface area contributed by atoms with Gasteiger partial charge in [0.15, 0.2) is 0 Å². The molecule has 0 saturated carbocycles. The van der Waals surface area contributed by atoms with Crippen LogP contribution < -0.4 is 4.90 Å². The molecule has 1 amide bonds. The molecule has 1 aromatic carbocycles. The molecule has 1 N–H and O–H groups in total. The van der Waals surface area contributed by atoms with Crippen molar-refractivity contribution in [3.63, 3.8) is 0 Å². The van der Waals surface area contributed by atoms with Crippen LogP contribution in [-0.4, -0.2) is 23.5 Å². The maximum Gasteiger partial charge on any atom is 0.416 e. The number of rotatable bonds is 2. The molecule has 1 aliphatic heterocycles. The van der Waals surface area contributed by atoms with Crippen molar-refractivity contribution in [1.82, 2.24) is 0 Å². The number of halogens is 4. The molecule has 1 fully saturated rings. The highest BCUT2D eigenvalue weighted by atomic mass is 35.5. The summed E-state index contributed by atoms with van der Waals surface area (Å²) in [5, 5.41) is 8.68.